The van der Waals surface area contributed by atoms with Crippen LogP contribution in [0.2, 0.25) is 0 Å². The number of piperazine rings is 1. The number of benzene rings is 2. The first kappa shape index (κ1) is 22.8. The Bertz CT molecular complexity index is 1130. The van der Waals surface area contributed by atoms with Gasteiger partial charge in [-0.25, -0.2) is 23.7 Å². The highest BCUT2D eigenvalue weighted by Gasteiger charge is 2.36. The Morgan fingerprint density at radius 1 is 0.969 bits per heavy atom. The van der Waals surface area contributed by atoms with Gasteiger partial charge in [0.05, 0.1) is 4.90 Å². The summed E-state index contributed by atoms with van der Waals surface area (Å²) in [7, 11) is -3.72. The van der Waals surface area contributed by atoms with Crippen molar-refractivity contribution in [2.75, 3.05) is 26.2 Å². The van der Waals surface area contributed by atoms with Crippen LogP contribution in [-0.4, -0.2) is 55.8 Å². The Morgan fingerprint density at radius 3 is 2.34 bits per heavy atom. The van der Waals surface area contributed by atoms with E-state index in [-0.39, 0.29) is 41.5 Å². The van der Waals surface area contributed by atoms with Crippen LogP contribution in [0.1, 0.15) is 34.7 Å². The monoisotopic (exact) mass is 460 g/mol. The van der Waals surface area contributed by atoms with Crippen molar-refractivity contribution in [1.29, 1.82) is 0 Å². The molecular formula is C23H29FN4O3S. The molecule has 2 saturated heterocycles. The topological polar surface area (TPSA) is 81.8 Å². The molecule has 2 unspecified atom stereocenters. The zero-order valence-electron chi connectivity index (χ0n) is 18.6. The zero-order valence-corrected chi connectivity index (χ0v) is 19.4. The second-order valence-corrected chi connectivity index (χ2v) is 10.6. The van der Waals surface area contributed by atoms with Gasteiger partial charge in [-0.05, 0) is 62.1 Å². The number of carbonyl (C=O) groups excluding carboxylic acids is 1. The largest absolute Gasteiger partial charge is 0.339 e. The number of nitrogens with one attached hydrogen (secondary N) is 2. The second-order valence-electron chi connectivity index (χ2n) is 8.63. The average molecular weight is 461 g/mol. The fourth-order valence-corrected chi connectivity index (χ4v) is 5.94. The molecule has 2 fully saturated rings. The number of carbonyl (C=O) groups is 1. The molecule has 2 heterocycles. The van der Waals surface area contributed by atoms with E-state index in [2.05, 4.69) is 42.9 Å². The number of halogens is 1. The third kappa shape index (κ3) is 4.43. The van der Waals surface area contributed by atoms with E-state index in [1.54, 1.807) is 11.8 Å². The summed E-state index contributed by atoms with van der Waals surface area (Å²) in [6, 6.07) is 9.80. The number of aryl methyl sites for hydroxylation is 3. The molecule has 2 atom stereocenters. The van der Waals surface area contributed by atoms with Crippen molar-refractivity contribution in [2.45, 2.75) is 44.2 Å². The highest BCUT2D eigenvalue weighted by Crippen LogP contribution is 2.27. The molecule has 7 nitrogen and oxygen atoms in total. The van der Waals surface area contributed by atoms with Crippen LogP contribution in [0.25, 0.3) is 0 Å². The summed E-state index contributed by atoms with van der Waals surface area (Å²) in [6.07, 6.45) is 0.635. The van der Waals surface area contributed by atoms with Crippen LogP contribution in [0.4, 0.5) is 4.39 Å². The molecule has 0 aromatic heterocycles. The van der Waals surface area contributed by atoms with Crippen LogP contribution in [-0.2, 0) is 14.8 Å². The van der Waals surface area contributed by atoms with Gasteiger partial charge < -0.3 is 4.90 Å². The van der Waals surface area contributed by atoms with Gasteiger partial charge in [0, 0.05) is 32.2 Å². The van der Waals surface area contributed by atoms with E-state index < -0.39 is 15.8 Å². The molecule has 0 spiro atoms. The van der Waals surface area contributed by atoms with Crippen LogP contribution in [0.3, 0.4) is 0 Å². The smallest absolute Gasteiger partial charge is 0.243 e. The van der Waals surface area contributed by atoms with Crippen LogP contribution >= 0.6 is 0 Å². The highest BCUT2D eigenvalue weighted by molar-refractivity contribution is 7.89. The summed E-state index contributed by atoms with van der Waals surface area (Å²) in [4.78, 5) is 14.8. The van der Waals surface area contributed by atoms with Gasteiger partial charge in [-0.15, -0.1) is 0 Å². The van der Waals surface area contributed by atoms with Crippen molar-refractivity contribution >= 4 is 15.9 Å². The summed E-state index contributed by atoms with van der Waals surface area (Å²) in [5, 5.41) is 0. The fourth-order valence-electron chi connectivity index (χ4n) is 4.43. The maximum Gasteiger partial charge on any atom is 0.243 e. The van der Waals surface area contributed by atoms with E-state index in [9.17, 15) is 17.6 Å². The Hall–Kier alpha value is -2.33. The number of nitrogens with zero attached hydrogens (tertiary/aromatic N) is 2. The summed E-state index contributed by atoms with van der Waals surface area (Å²) < 4.78 is 40.7. The van der Waals surface area contributed by atoms with Gasteiger partial charge in [-0.1, -0.05) is 23.8 Å². The minimum Gasteiger partial charge on any atom is -0.339 e. The lowest BCUT2D eigenvalue weighted by molar-refractivity contribution is -0.134. The summed E-state index contributed by atoms with van der Waals surface area (Å²) in [6.45, 7) is 6.74. The van der Waals surface area contributed by atoms with E-state index in [0.717, 1.165) is 0 Å². The third-order valence-corrected chi connectivity index (χ3v) is 8.21. The zero-order chi connectivity index (χ0) is 23.0. The third-order valence-electron chi connectivity index (χ3n) is 6.32. The van der Waals surface area contributed by atoms with E-state index in [1.807, 2.05) is 0 Å². The Balaban J connectivity index is 1.37. The summed E-state index contributed by atoms with van der Waals surface area (Å²) in [5.41, 5.74) is 10.2. The molecule has 9 heteroatoms. The van der Waals surface area contributed by atoms with Gasteiger partial charge in [0.1, 0.15) is 11.9 Å². The molecule has 0 radical (unpaired) electrons. The quantitative estimate of drug-likeness (QED) is 0.731. The minimum atomic E-state index is -3.72. The van der Waals surface area contributed by atoms with Gasteiger partial charge in [-0.3, -0.25) is 4.79 Å². The van der Waals surface area contributed by atoms with Gasteiger partial charge in [0.25, 0.3) is 0 Å². The lowest BCUT2D eigenvalue weighted by Crippen LogP contribution is -2.54. The predicted molar refractivity (Wildman–Crippen MR) is 120 cm³/mol. The number of sulfonamides is 1. The molecule has 2 aliphatic rings. The highest BCUT2D eigenvalue weighted by atomic mass is 32.2. The minimum absolute atomic E-state index is 0.0283. The number of hydrazine groups is 1. The van der Waals surface area contributed by atoms with E-state index in [1.165, 1.54) is 39.2 Å². The van der Waals surface area contributed by atoms with Crippen molar-refractivity contribution in [3.63, 3.8) is 0 Å². The predicted octanol–water partition coefficient (Wildman–Crippen LogP) is 2.19. The summed E-state index contributed by atoms with van der Waals surface area (Å²) >= 11 is 0. The molecule has 0 saturated carbocycles. The van der Waals surface area contributed by atoms with Crippen molar-refractivity contribution in [2.24, 2.45) is 0 Å². The number of rotatable bonds is 4. The first-order valence-corrected chi connectivity index (χ1v) is 12.2. The molecule has 1 amide bonds. The van der Waals surface area contributed by atoms with Crippen molar-refractivity contribution < 1.29 is 17.6 Å². The van der Waals surface area contributed by atoms with Gasteiger partial charge in [0.15, 0.2) is 0 Å². The molecule has 4 rings (SSSR count). The normalized spacial score (nSPS) is 22.3. The first-order valence-electron chi connectivity index (χ1n) is 10.8. The first-order chi connectivity index (χ1) is 15.2. The maximum atomic E-state index is 13.5. The van der Waals surface area contributed by atoms with Crippen molar-refractivity contribution in [3.05, 3.63) is 64.5 Å². The van der Waals surface area contributed by atoms with E-state index in [0.29, 0.717) is 19.5 Å². The molecule has 2 aromatic rings. The molecule has 2 N–H and O–H groups in total. The standard InChI is InChI=1S/C23H29FN4O3S/c1-15-4-6-19(16(2)12-15)21-14-22(26-25-21)23(29)27-8-10-28(11-9-27)32(30,31)18-5-7-20(24)17(3)13-18/h4-7,12-13,21-22,25-26H,8-11,14H2,1-3H3. The molecule has 32 heavy (non-hydrogen) atoms. The van der Waals surface area contributed by atoms with Crippen LogP contribution in [0.15, 0.2) is 41.3 Å². The van der Waals surface area contributed by atoms with Crippen LogP contribution < -0.4 is 10.9 Å². The Kier molecular flexibility index (Phi) is 6.35. The molecular weight excluding hydrogens is 431 g/mol. The van der Waals surface area contributed by atoms with E-state index in [4.69, 9.17) is 0 Å². The van der Waals surface area contributed by atoms with Crippen molar-refractivity contribution in [1.82, 2.24) is 20.1 Å². The second kappa shape index (κ2) is 8.90. The van der Waals surface area contributed by atoms with Gasteiger partial charge in [-0.2, -0.15) is 4.31 Å². The molecule has 0 aliphatic carbocycles. The number of amides is 1. The van der Waals surface area contributed by atoms with Gasteiger partial charge in [0.2, 0.25) is 15.9 Å². The average Bonchev–Trinajstić information content (AvgIpc) is 3.25. The van der Waals surface area contributed by atoms with Crippen LogP contribution in [0.5, 0.6) is 0 Å². The Morgan fingerprint density at radius 2 is 1.69 bits per heavy atom. The molecule has 172 valence electrons. The van der Waals surface area contributed by atoms with Crippen molar-refractivity contribution in [3.8, 4) is 0 Å². The molecule has 2 aromatic carbocycles. The molecule has 2 aliphatic heterocycles. The summed E-state index contributed by atoms with van der Waals surface area (Å²) in [5.74, 6) is -0.462. The number of hydrogen-bond acceptors (Lipinski definition) is 5. The SMILES string of the molecule is Cc1ccc(C2CC(C(=O)N3CCN(S(=O)(=O)c4ccc(F)c(C)c4)CC3)NN2)c(C)c1. The lowest BCUT2D eigenvalue weighted by atomic mass is 9.96. The number of hydrogen-bond donors (Lipinski definition) is 2. The lowest BCUT2D eigenvalue weighted by Gasteiger charge is -2.35. The van der Waals surface area contributed by atoms with Gasteiger partial charge >= 0.3 is 0 Å². The fraction of sp³-hybridized carbons (Fsp3) is 0.435. The maximum absolute atomic E-state index is 13.5. The van der Waals surface area contributed by atoms with Crippen LogP contribution in [0, 0.1) is 26.6 Å². The van der Waals surface area contributed by atoms with E-state index >= 15 is 0 Å². The molecule has 0 bridgehead atoms. The Labute approximate surface area is 188 Å².